The summed E-state index contributed by atoms with van der Waals surface area (Å²) in [5, 5.41) is 3.79. The summed E-state index contributed by atoms with van der Waals surface area (Å²) in [5.41, 5.74) is 1.16. The van der Waals surface area contributed by atoms with Crippen molar-refractivity contribution in [1.82, 2.24) is 4.98 Å². The molecule has 1 aliphatic heterocycles. The van der Waals surface area contributed by atoms with E-state index in [2.05, 4.69) is 10.3 Å². The number of hydrogen-bond donors (Lipinski definition) is 1. The second kappa shape index (κ2) is 5.61. The van der Waals surface area contributed by atoms with Gasteiger partial charge in [0.2, 0.25) is 0 Å². The normalized spacial score (nSPS) is 12.9. The van der Waals surface area contributed by atoms with Crippen molar-refractivity contribution in [3.05, 3.63) is 28.8 Å². The van der Waals surface area contributed by atoms with Gasteiger partial charge in [-0.3, -0.25) is 0 Å². The van der Waals surface area contributed by atoms with E-state index in [0.717, 1.165) is 16.3 Å². The minimum Gasteiger partial charge on any atom is -0.486 e. The van der Waals surface area contributed by atoms with Crippen LogP contribution in [0.25, 0.3) is 0 Å². The minimum absolute atomic E-state index is 0.336. The smallest absolute Gasteiger partial charge is 0.357 e. The molecule has 0 saturated heterocycles. The number of anilines is 2. The van der Waals surface area contributed by atoms with Crippen LogP contribution in [0.15, 0.2) is 18.2 Å². The Morgan fingerprint density at radius 2 is 2.10 bits per heavy atom. The lowest BCUT2D eigenvalue weighted by atomic mass is 10.2. The Kier molecular flexibility index (Phi) is 3.66. The summed E-state index contributed by atoms with van der Waals surface area (Å²) < 4.78 is 15.7. The predicted octanol–water partition coefficient (Wildman–Crippen LogP) is 2.75. The van der Waals surface area contributed by atoms with E-state index < -0.39 is 5.97 Å². The van der Waals surface area contributed by atoms with Gasteiger partial charge in [0.15, 0.2) is 22.3 Å². The summed E-state index contributed by atoms with van der Waals surface area (Å²) in [5.74, 6) is 1.00. The molecule has 7 heteroatoms. The summed E-state index contributed by atoms with van der Waals surface area (Å²) in [6.07, 6.45) is 0. The van der Waals surface area contributed by atoms with Crippen molar-refractivity contribution in [3.8, 4) is 11.5 Å². The summed E-state index contributed by atoms with van der Waals surface area (Å²) in [4.78, 5) is 16.6. The Bertz CT molecular complexity index is 684. The molecule has 0 amide bonds. The van der Waals surface area contributed by atoms with Gasteiger partial charge in [0.1, 0.15) is 13.2 Å². The highest BCUT2D eigenvalue weighted by Gasteiger charge is 2.17. The number of nitrogens with zero attached hydrogens (tertiary/aromatic N) is 1. The van der Waals surface area contributed by atoms with Gasteiger partial charge in [-0.25, -0.2) is 9.78 Å². The van der Waals surface area contributed by atoms with E-state index in [0.29, 0.717) is 29.8 Å². The zero-order valence-corrected chi connectivity index (χ0v) is 12.5. The van der Waals surface area contributed by atoms with E-state index in [-0.39, 0.29) is 0 Å². The zero-order valence-electron chi connectivity index (χ0n) is 11.6. The number of hydrogen-bond acceptors (Lipinski definition) is 7. The molecule has 0 unspecified atom stereocenters. The molecule has 0 atom stereocenters. The summed E-state index contributed by atoms with van der Waals surface area (Å²) in [6.45, 7) is 2.94. The molecule has 0 fully saturated rings. The maximum Gasteiger partial charge on any atom is 0.357 e. The molecule has 6 nitrogen and oxygen atoms in total. The van der Waals surface area contributed by atoms with Crippen LogP contribution < -0.4 is 14.8 Å². The van der Waals surface area contributed by atoms with Crippen LogP contribution in [0.2, 0.25) is 0 Å². The molecular formula is C14H14N2O4S. The molecule has 0 saturated carbocycles. The SMILES string of the molecule is COC(=O)c1nc(Nc2ccc3c(c2)OCCO3)sc1C. The first-order chi connectivity index (χ1) is 10.2. The van der Waals surface area contributed by atoms with Gasteiger partial charge in [-0.15, -0.1) is 11.3 Å². The fourth-order valence-corrected chi connectivity index (χ4v) is 2.80. The van der Waals surface area contributed by atoms with E-state index in [4.69, 9.17) is 14.2 Å². The van der Waals surface area contributed by atoms with Crippen molar-refractivity contribution in [2.45, 2.75) is 6.92 Å². The molecule has 2 aromatic rings. The highest BCUT2D eigenvalue weighted by atomic mass is 32.1. The number of esters is 1. The number of ether oxygens (including phenoxy) is 3. The second-order valence-electron chi connectivity index (χ2n) is 4.40. The quantitative estimate of drug-likeness (QED) is 0.879. The molecule has 21 heavy (non-hydrogen) atoms. The third-order valence-corrected chi connectivity index (χ3v) is 3.86. The summed E-state index contributed by atoms with van der Waals surface area (Å²) >= 11 is 1.40. The number of thiazole rings is 1. The second-order valence-corrected chi connectivity index (χ2v) is 5.60. The number of carbonyl (C=O) groups excluding carboxylic acids is 1. The van der Waals surface area contributed by atoms with Gasteiger partial charge in [0, 0.05) is 16.6 Å². The van der Waals surface area contributed by atoms with Gasteiger partial charge in [-0.1, -0.05) is 0 Å². The third-order valence-electron chi connectivity index (χ3n) is 2.97. The monoisotopic (exact) mass is 306 g/mol. The van der Waals surface area contributed by atoms with Crippen molar-refractivity contribution >= 4 is 28.1 Å². The van der Waals surface area contributed by atoms with Crippen molar-refractivity contribution in [1.29, 1.82) is 0 Å². The zero-order chi connectivity index (χ0) is 14.8. The molecule has 1 aromatic heterocycles. The Balaban J connectivity index is 1.82. The lowest BCUT2D eigenvalue weighted by Crippen LogP contribution is -2.15. The van der Waals surface area contributed by atoms with Crippen molar-refractivity contribution in [3.63, 3.8) is 0 Å². The molecule has 110 valence electrons. The molecule has 0 radical (unpaired) electrons. The average Bonchev–Trinajstić information content (AvgIpc) is 2.87. The van der Waals surface area contributed by atoms with Crippen LogP contribution >= 0.6 is 11.3 Å². The fraction of sp³-hybridized carbons (Fsp3) is 0.286. The molecule has 0 spiro atoms. The number of benzene rings is 1. The van der Waals surface area contributed by atoms with Crippen molar-refractivity contribution in [2.24, 2.45) is 0 Å². The minimum atomic E-state index is -0.432. The number of nitrogens with one attached hydrogen (secondary N) is 1. The standard InChI is InChI=1S/C14H14N2O4S/c1-8-12(13(17)18-2)16-14(21-8)15-9-3-4-10-11(7-9)20-6-5-19-10/h3-4,7H,5-6H2,1-2H3,(H,15,16). The van der Waals surface area contributed by atoms with Crippen LogP contribution in [-0.2, 0) is 4.74 Å². The van der Waals surface area contributed by atoms with Crippen molar-refractivity contribution in [2.75, 3.05) is 25.6 Å². The number of methoxy groups -OCH3 is 1. The van der Waals surface area contributed by atoms with Gasteiger partial charge in [-0.05, 0) is 19.1 Å². The van der Waals surface area contributed by atoms with Gasteiger partial charge in [0.25, 0.3) is 0 Å². The lowest BCUT2D eigenvalue weighted by Gasteiger charge is -2.18. The van der Waals surface area contributed by atoms with Gasteiger partial charge in [-0.2, -0.15) is 0 Å². The molecule has 2 heterocycles. The molecule has 1 N–H and O–H groups in total. The molecule has 0 aliphatic carbocycles. The number of fused-ring (bicyclic) bond motifs is 1. The summed E-state index contributed by atoms with van der Waals surface area (Å²) in [6, 6.07) is 5.57. The van der Waals surface area contributed by atoms with Crippen LogP contribution in [0.5, 0.6) is 11.5 Å². The molecule has 1 aliphatic rings. The third kappa shape index (κ3) is 2.78. The number of carbonyl (C=O) groups is 1. The van der Waals surface area contributed by atoms with Crippen LogP contribution in [0, 0.1) is 6.92 Å². The first-order valence-corrected chi connectivity index (χ1v) is 7.21. The van der Waals surface area contributed by atoms with E-state index >= 15 is 0 Å². The Morgan fingerprint density at radius 1 is 1.33 bits per heavy atom. The predicted molar refractivity (Wildman–Crippen MR) is 78.9 cm³/mol. The molecule has 3 rings (SSSR count). The highest BCUT2D eigenvalue weighted by Crippen LogP contribution is 2.34. The Labute approximate surface area is 125 Å². The average molecular weight is 306 g/mol. The van der Waals surface area contributed by atoms with Gasteiger partial charge >= 0.3 is 5.97 Å². The number of aromatic nitrogens is 1. The summed E-state index contributed by atoms with van der Waals surface area (Å²) in [7, 11) is 1.34. The Morgan fingerprint density at radius 3 is 2.86 bits per heavy atom. The largest absolute Gasteiger partial charge is 0.486 e. The first kappa shape index (κ1) is 13.7. The van der Waals surface area contributed by atoms with E-state index in [1.165, 1.54) is 18.4 Å². The van der Waals surface area contributed by atoms with Gasteiger partial charge < -0.3 is 19.5 Å². The molecule has 0 bridgehead atoms. The molecular weight excluding hydrogens is 292 g/mol. The van der Waals surface area contributed by atoms with Crippen LogP contribution in [0.1, 0.15) is 15.4 Å². The fourth-order valence-electron chi connectivity index (χ4n) is 1.98. The Hall–Kier alpha value is -2.28. The van der Waals surface area contributed by atoms with E-state index in [1.54, 1.807) is 0 Å². The van der Waals surface area contributed by atoms with E-state index in [1.807, 2.05) is 25.1 Å². The van der Waals surface area contributed by atoms with Crippen LogP contribution in [-0.4, -0.2) is 31.3 Å². The van der Waals surface area contributed by atoms with E-state index in [9.17, 15) is 4.79 Å². The molecule has 1 aromatic carbocycles. The topological polar surface area (TPSA) is 69.7 Å². The number of aryl methyl sites for hydroxylation is 1. The maximum atomic E-state index is 11.5. The van der Waals surface area contributed by atoms with Gasteiger partial charge in [0.05, 0.1) is 7.11 Å². The maximum absolute atomic E-state index is 11.5. The lowest BCUT2D eigenvalue weighted by molar-refractivity contribution is 0.0594. The number of rotatable bonds is 3. The van der Waals surface area contributed by atoms with Crippen LogP contribution in [0.3, 0.4) is 0 Å². The van der Waals surface area contributed by atoms with Crippen LogP contribution in [0.4, 0.5) is 10.8 Å². The van der Waals surface area contributed by atoms with Crippen molar-refractivity contribution < 1.29 is 19.0 Å². The first-order valence-electron chi connectivity index (χ1n) is 6.40. The highest BCUT2D eigenvalue weighted by molar-refractivity contribution is 7.15.